The number of benzene rings is 3. The normalized spacial score (nSPS) is 11.1. The molecule has 62 heavy (non-hydrogen) atoms. The van der Waals surface area contributed by atoms with Crippen molar-refractivity contribution in [1.82, 2.24) is 20.0 Å². The van der Waals surface area contributed by atoms with Gasteiger partial charge in [0.05, 0.1) is 34.3 Å². The predicted octanol–water partition coefficient (Wildman–Crippen LogP) is 8.66. The van der Waals surface area contributed by atoms with Crippen LogP contribution in [-0.4, -0.2) is 55.8 Å². The molecule has 0 saturated carbocycles. The van der Waals surface area contributed by atoms with E-state index >= 15 is 0 Å². The van der Waals surface area contributed by atoms with Gasteiger partial charge in [-0.2, -0.15) is 17.6 Å². The molecule has 3 aromatic carbocycles. The molecule has 1 N–H and O–H groups in total. The fourth-order valence-corrected chi connectivity index (χ4v) is 6.34. The maximum atomic E-state index is 11.8. The van der Waals surface area contributed by atoms with Crippen molar-refractivity contribution in [3.05, 3.63) is 108 Å². The van der Waals surface area contributed by atoms with Gasteiger partial charge in [0, 0.05) is 112 Å². The van der Waals surface area contributed by atoms with E-state index in [1.807, 2.05) is 58.9 Å². The number of carbonyl (C=O) groups is 1. The van der Waals surface area contributed by atoms with Crippen molar-refractivity contribution in [2.75, 3.05) is 7.05 Å². The number of hydrogen-bond donors (Lipinski definition) is 1. The van der Waals surface area contributed by atoms with Gasteiger partial charge in [-0.1, -0.05) is 20.8 Å². The Labute approximate surface area is 427 Å². The number of rotatable bonds is 13. The first-order valence-electron chi connectivity index (χ1n) is 18.2. The first kappa shape index (κ1) is 54.8. The molecular weight excluding hydrogens is 913 g/mol. The smallest absolute Gasteiger partial charge is 0.257 e. The molecule has 0 saturated heterocycles. The second kappa shape index (κ2) is 25.9. The molecule has 20 heteroatoms. The zero-order chi connectivity index (χ0) is 44.3. The average molecular weight is 960 g/mol. The van der Waals surface area contributed by atoms with E-state index in [0.29, 0.717) is 33.8 Å². The van der Waals surface area contributed by atoms with Crippen LogP contribution in [0, 0.1) is 96.2 Å². The second-order valence-electron chi connectivity index (χ2n) is 13.3. The Balaban J connectivity index is 0.000000318. The molecule has 0 bridgehead atoms. The van der Waals surface area contributed by atoms with Gasteiger partial charge in [0.15, 0.2) is 29.1 Å². The van der Waals surface area contributed by atoms with E-state index in [0.717, 1.165) is 57.8 Å². The molecule has 1 amide bonds. The zero-order valence-corrected chi connectivity index (χ0v) is 39.0. The molecule has 0 spiro atoms. The summed E-state index contributed by atoms with van der Waals surface area (Å²) in [5, 5.41) is 9.73. The second-order valence-corrected chi connectivity index (χ2v) is 15.6. The SMILES string of the molecule is C=[S-](=O)Oc1ccc(-c2oc(C(C)C(=O)N(C)O)nc2C)cc1.C=[S-](=O)Oc1ccc(-c2oc(C(C)C)nc2C)cc1.C=[S-](=O)Oc1ccc(-c2oc(CC)nc2C)cc1.[Ar].[Ar]. The van der Waals surface area contributed by atoms with E-state index in [1.165, 1.54) is 7.05 Å². The zero-order valence-electron chi connectivity index (χ0n) is 35.2. The number of hydrogen-bond acceptors (Lipinski definition) is 17. The molecule has 1 unspecified atom stereocenters. The molecule has 6 rings (SSSR count). The minimum atomic E-state index is -1.64. The molecule has 0 aliphatic heterocycles. The first-order valence-corrected chi connectivity index (χ1v) is 22.0. The van der Waals surface area contributed by atoms with Crippen LogP contribution in [0.25, 0.3) is 34.0 Å². The monoisotopic (exact) mass is 959 g/mol. The van der Waals surface area contributed by atoms with Crippen molar-refractivity contribution in [2.24, 2.45) is 0 Å². The third kappa shape index (κ3) is 16.0. The molecule has 15 nitrogen and oxygen atoms in total. The number of amides is 1. The van der Waals surface area contributed by atoms with Gasteiger partial charge in [-0.3, -0.25) is 10.0 Å². The Morgan fingerprint density at radius 3 is 1.24 bits per heavy atom. The fraction of sp³-hybridized carbons (Fsp3) is 0.262. The molecule has 3 heterocycles. The molecule has 6 aromatic rings. The Hall–Kier alpha value is -3.30. The van der Waals surface area contributed by atoms with Crippen LogP contribution >= 0.6 is 0 Å². The van der Waals surface area contributed by atoms with Gasteiger partial charge < -0.3 is 38.4 Å². The number of likely N-dealkylation sites (N-methyl/N-ethyl adjacent to an activating group) is 1. The Morgan fingerprint density at radius 2 is 0.952 bits per heavy atom. The minimum Gasteiger partial charge on any atom is -0.561 e. The van der Waals surface area contributed by atoms with Crippen LogP contribution < -0.4 is 12.5 Å². The van der Waals surface area contributed by atoms with Crippen LogP contribution in [0.15, 0.2) is 86.0 Å². The average Bonchev–Trinajstić information content (AvgIpc) is 3.91. The summed E-state index contributed by atoms with van der Waals surface area (Å²) in [4.78, 5) is 24.7. The van der Waals surface area contributed by atoms with Crippen molar-refractivity contribution in [3.63, 3.8) is 0 Å². The number of nitrogens with zero attached hydrogens (tertiary/aromatic N) is 4. The van der Waals surface area contributed by atoms with E-state index in [4.69, 9.17) is 25.8 Å². The molecule has 3 aromatic heterocycles. The summed E-state index contributed by atoms with van der Waals surface area (Å²) in [6, 6.07) is 21.0. The van der Waals surface area contributed by atoms with Gasteiger partial charge >= 0.3 is 0 Å². The third-order valence-corrected chi connectivity index (χ3v) is 9.38. The van der Waals surface area contributed by atoms with Crippen LogP contribution in [0.5, 0.6) is 17.2 Å². The van der Waals surface area contributed by atoms with Crippen LogP contribution in [0.3, 0.4) is 0 Å². The maximum Gasteiger partial charge on any atom is 0.257 e. The number of hydroxylamine groups is 2. The van der Waals surface area contributed by atoms with Crippen molar-refractivity contribution >= 4 is 55.5 Å². The van der Waals surface area contributed by atoms with Gasteiger partial charge in [-0.25, -0.2) is 20.0 Å². The summed E-state index contributed by atoms with van der Waals surface area (Å²) in [7, 11) is -3.50. The third-order valence-electron chi connectivity index (χ3n) is 8.24. The number of aryl methyl sites for hydroxylation is 4. The number of carbonyl (C=O) groups excluding carboxylic acids is 1. The van der Waals surface area contributed by atoms with E-state index in [-0.39, 0.29) is 87.3 Å². The molecule has 0 aliphatic carbocycles. The van der Waals surface area contributed by atoms with Gasteiger partial charge in [-0.15, -0.1) is 32.0 Å². The minimum absolute atomic E-state index is 0. The van der Waals surface area contributed by atoms with E-state index in [9.17, 15) is 22.6 Å². The fourth-order valence-electron chi connectivity index (χ4n) is 5.37. The quantitative estimate of drug-likeness (QED) is 0.0499. The topological polar surface area (TPSA) is 198 Å². The largest absolute Gasteiger partial charge is 0.561 e. The molecule has 338 valence electrons. The van der Waals surface area contributed by atoms with Gasteiger partial charge in [0.2, 0.25) is 5.89 Å². The van der Waals surface area contributed by atoms with E-state index in [1.54, 1.807) is 62.4 Å². The van der Waals surface area contributed by atoms with Crippen molar-refractivity contribution in [3.8, 4) is 51.2 Å². The molecule has 0 fully saturated rings. The Kier molecular flexibility index (Phi) is 22.9. The van der Waals surface area contributed by atoms with Gasteiger partial charge in [0.1, 0.15) is 5.92 Å². The molecule has 1 atom stereocenters. The predicted molar refractivity (Wildman–Crippen MR) is 234 cm³/mol. The summed E-state index contributed by atoms with van der Waals surface area (Å²) in [5.74, 6) is 14.0. The van der Waals surface area contributed by atoms with Crippen LogP contribution in [-0.2, 0) is 55.9 Å². The summed E-state index contributed by atoms with van der Waals surface area (Å²) in [5.41, 5.74) is 4.91. The van der Waals surface area contributed by atoms with Crippen LogP contribution in [0.4, 0.5) is 0 Å². The van der Waals surface area contributed by atoms with E-state index in [2.05, 4.69) is 32.6 Å². The Morgan fingerprint density at radius 1 is 0.629 bits per heavy atom. The van der Waals surface area contributed by atoms with Crippen LogP contribution in [0.2, 0.25) is 0 Å². The van der Waals surface area contributed by atoms with E-state index < -0.39 is 43.8 Å². The standard InChI is InChI=1S/C15H17N2O5S.C14H16NO3S.C13H14NO3S.2Ar/c1-9(15(18)17(3)19)14-16-10(2)13(21-14)11-5-7-12(8-6-11)22-23(4)20;1-9(2)14-15-10(3)13(17-14)11-5-7-12(8-6-11)18-19(4)16;1-4-12-14-9(2)13(16-12)10-5-7-11(8-6-10)17-18(3)15;;/h5-9,19H,4H2,1-3H3;5-9H,4H2,1-3H3;5-8H,3-4H2,1-2H3;;/q3*-1;;. The first-order chi connectivity index (χ1) is 28.4. The van der Waals surface area contributed by atoms with Crippen molar-refractivity contribution < 1.29 is 124 Å². The maximum absolute atomic E-state index is 11.8. The van der Waals surface area contributed by atoms with Gasteiger partial charge in [0.25, 0.3) is 5.91 Å². The van der Waals surface area contributed by atoms with Crippen molar-refractivity contribution in [2.45, 2.75) is 66.7 Å². The molecule has 0 aliphatic rings. The summed E-state index contributed by atoms with van der Waals surface area (Å²) in [6.45, 7) is 13.3. The van der Waals surface area contributed by atoms with Crippen LogP contribution in [0.1, 0.15) is 74.3 Å². The summed E-state index contributed by atoms with van der Waals surface area (Å²) >= 11 is 0. The number of oxazole rings is 3. The van der Waals surface area contributed by atoms with Gasteiger partial charge in [-0.05, 0) is 100 Å². The number of aromatic nitrogens is 3. The molecular formula is C42H47Ar2N4O11S3-3. The molecule has 0 radical (unpaired) electrons. The Bertz CT molecular complexity index is 2590. The van der Waals surface area contributed by atoms with Crippen molar-refractivity contribution in [1.29, 1.82) is 0 Å². The summed E-state index contributed by atoms with van der Waals surface area (Å²) in [6.07, 6.45) is 0.766. The summed E-state index contributed by atoms with van der Waals surface area (Å²) < 4.78 is 64.6.